The van der Waals surface area contributed by atoms with Gasteiger partial charge in [-0.25, -0.2) is 0 Å². The van der Waals surface area contributed by atoms with Crippen molar-refractivity contribution in [2.75, 3.05) is 0 Å². The summed E-state index contributed by atoms with van der Waals surface area (Å²) >= 11 is 11.6. The van der Waals surface area contributed by atoms with Crippen LogP contribution in [-0.2, 0) is 11.2 Å². The molecular formula is C9H10Cl3NO2. The van der Waals surface area contributed by atoms with Crippen molar-refractivity contribution in [3.8, 4) is 0 Å². The van der Waals surface area contributed by atoms with E-state index in [2.05, 4.69) is 0 Å². The molecule has 0 aliphatic heterocycles. The summed E-state index contributed by atoms with van der Waals surface area (Å²) in [5.74, 6) is -1.05. The van der Waals surface area contributed by atoms with Gasteiger partial charge in [0.25, 0.3) is 0 Å². The van der Waals surface area contributed by atoms with Crippen LogP contribution in [0.4, 0.5) is 0 Å². The highest BCUT2D eigenvalue weighted by atomic mass is 35.5. The summed E-state index contributed by atoms with van der Waals surface area (Å²) in [7, 11) is 0. The van der Waals surface area contributed by atoms with Crippen molar-refractivity contribution >= 4 is 41.6 Å². The summed E-state index contributed by atoms with van der Waals surface area (Å²) in [5, 5.41) is 9.37. The van der Waals surface area contributed by atoms with Gasteiger partial charge in [0.15, 0.2) is 0 Å². The minimum absolute atomic E-state index is 0. The maximum absolute atomic E-state index is 10.5. The van der Waals surface area contributed by atoms with Crippen LogP contribution in [0, 0.1) is 0 Å². The molecule has 3 N–H and O–H groups in total. The van der Waals surface area contributed by atoms with Crippen LogP contribution in [-0.4, -0.2) is 17.1 Å². The van der Waals surface area contributed by atoms with Gasteiger partial charge >= 0.3 is 5.97 Å². The normalized spacial score (nSPS) is 11.7. The highest BCUT2D eigenvalue weighted by Crippen LogP contribution is 2.26. The lowest BCUT2D eigenvalue weighted by molar-refractivity contribution is -0.138. The third-order valence-electron chi connectivity index (χ3n) is 1.79. The first-order chi connectivity index (χ1) is 6.52. The van der Waals surface area contributed by atoms with E-state index in [-0.39, 0.29) is 18.8 Å². The second kappa shape index (κ2) is 6.18. The first kappa shape index (κ1) is 14.5. The SMILES string of the molecule is Cl.N[C@@H](Cc1cccc(Cl)c1Cl)C(=O)O. The Balaban J connectivity index is 0.00000196. The largest absolute Gasteiger partial charge is 0.480 e. The molecule has 0 aliphatic carbocycles. The van der Waals surface area contributed by atoms with Crippen molar-refractivity contribution in [2.45, 2.75) is 12.5 Å². The molecule has 1 rings (SSSR count). The third kappa shape index (κ3) is 3.87. The Hall–Kier alpha value is -0.480. The highest BCUT2D eigenvalue weighted by Gasteiger charge is 2.14. The first-order valence-electron chi connectivity index (χ1n) is 3.93. The van der Waals surface area contributed by atoms with Gasteiger partial charge in [-0.15, -0.1) is 12.4 Å². The van der Waals surface area contributed by atoms with Crippen molar-refractivity contribution in [3.63, 3.8) is 0 Å². The van der Waals surface area contributed by atoms with Crippen LogP contribution in [0.3, 0.4) is 0 Å². The van der Waals surface area contributed by atoms with Crippen molar-refractivity contribution in [1.82, 2.24) is 0 Å². The maximum Gasteiger partial charge on any atom is 0.320 e. The average molecular weight is 271 g/mol. The number of carboxylic acid groups (broad SMARTS) is 1. The van der Waals surface area contributed by atoms with E-state index < -0.39 is 12.0 Å². The zero-order valence-corrected chi connectivity index (χ0v) is 9.94. The molecule has 0 bridgehead atoms. The molecule has 1 atom stereocenters. The number of rotatable bonds is 3. The van der Waals surface area contributed by atoms with E-state index in [0.29, 0.717) is 15.6 Å². The lowest BCUT2D eigenvalue weighted by Gasteiger charge is -2.08. The lowest BCUT2D eigenvalue weighted by atomic mass is 10.1. The van der Waals surface area contributed by atoms with Crippen LogP contribution in [0.15, 0.2) is 18.2 Å². The predicted molar refractivity (Wildman–Crippen MR) is 63.0 cm³/mol. The van der Waals surface area contributed by atoms with Gasteiger partial charge in [-0.2, -0.15) is 0 Å². The number of hydrogen-bond donors (Lipinski definition) is 2. The van der Waals surface area contributed by atoms with E-state index in [1.807, 2.05) is 0 Å². The number of hydrogen-bond acceptors (Lipinski definition) is 2. The maximum atomic E-state index is 10.5. The topological polar surface area (TPSA) is 63.3 Å². The van der Waals surface area contributed by atoms with Crippen LogP contribution in [0.5, 0.6) is 0 Å². The molecule has 0 spiro atoms. The van der Waals surface area contributed by atoms with E-state index in [9.17, 15) is 4.79 Å². The van der Waals surface area contributed by atoms with Crippen LogP contribution in [0.2, 0.25) is 10.0 Å². The Labute approximate surface area is 104 Å². The van der Waals surface area contributed by atoms with Gasteiger partial charge in [0.05, 0.1) is 10.0 Å². The predicted octanol–water partition coefficient (Wildman–Crippen LogP) is 2.37. The molecule has 84 valence electrons. The van der Waals surface area contributed by atoms with Gasteiger partial charge in [-0.05, 0) is 18.1 Å². The second-order valence-corrected chi connectivity index (χ2v) is 3.65. The van der Waals surface area contributed by atoms with Crippen LogP contribution in [0.25, 0.3) is 0 Å². The van der Waals surface area contributed by atoms with Crippen molar-refractivity contribution in [2.24, 2.45) is 5.73 Å². The molecular weight excluding hydrogens is 260 g/mol. The van der Waals surface area contributed by atoms with Crippen molar-refractivity contribution in [3.05, 3.63) is 33.8 Å². The van der Waals surface area contributed by atoms with E-state index >= 15 is 0 Å². The molecule has 0 unspecified atom stereocenters. The molecule has 0 saturated carbocycles. The summed E-state index contributed by atoms with van der Waals surface area (Å²) in [6.45, 7) is 0. The lowest BCUT2D eigenvalue weighted by Crippen LogP contribution is -2.32. The first-order valence-corrected chi connectivity index (χ1v) is 4.69. The summed E-state index contributed by atoms with van der Waals surface area (Å²) in [6.07, 6.45) is 0.175. The summed E-state index contributed by atoms with van der Waals surface area (Å²) in [6, 6.07) is 4.10. The molecule has 0 saturated heterocycles. The average Bonchev–Trinajstić information content (AvgIpc) is 2.12. The Morgan fingerprint density at radius 1 is 1.47 bits per heavy atom. The minimum atomic E-state index is -1.05. The van der Waals surface area contributed by atoms with Crippen LogP contribution < -0.4 is 5.73 Å². The van der Waals surface area contributed by atoms with Gasteiger partial charge in [-0.1, -0.05) is 35.3 Å². The molecule has 15 heavy (non-hydrogen) atoms. The fourth-order valence-corrected chi connectivity index (χ4v) is 1.43. The molecule has 0 amide bonds. The molecule has 0 heterocycles. The summed E-state index contributed by atoms with van der Waals surface area (Å²) < 4.78 is 0. The third-order valence-corrected chi connectivity index (χ3v) is 2.65. The van der Waals surface area contributed by atoms with Gasteiger partial charge < -0.3 is 10.8 Å². The molecule has 1 aromatic rings. The molecule has 3 nitrogen and oxygen atoms in total. The van der Waals surface area contributed by atoms with Gasteiger partial charge in [0.1, 0.15) is 6.04 Å². The summed E-state index contributed by atoms with van der Waals surface area (Å²) in [4.78, 5) is 10.5. The Kier molecular flexibility index (Phi) is 5.98. The zero-order valence-electron chi connectivity index (χ0n) is 7.61. The van der Waals surface area contributed by atoms with E-state index in [1.165, 1.54) is 0 Å². The Bertz CT molecular complexity index is 357. The van der Waals surface area contributed by atoms with Crippen molar-refractivity contribution < 1.29 is 9.90 Å². The van der Waals surface area contributed by atoms with E-state index in [1.54, 1.807) is 18.2 Å². The minimum Gasteiger partial charge on any atom is -0.480 e. The quantitative estimate of drug-likeness (QED) is 0.886. The number of nitrogens with two attached hydrogens (primary N) is 1. The number of halogens is 3. The molecule has 0 radical (unpaired) electrons. The molecule has 0 fully saturated rings. The Morgan fingerprint density at radius 3 is 2.60 bits per heavy atom. The number of carboxylic acids is 1. The van der Waals surface area contributed by atoms with Crippen molar-refractivity contribution in [1.29, 1.82) is 0 Å². The monoisotopic (exact) mass is 269 g/mol. The molecule has 6 heteroatoms. The van der Waals surface area contributed by atoms with Crippen LogP contribution >= 0.6 is 35.6 Å². The number of carbonyl (C=O) groups is 1. The number of aliphatic carboxylic acids is 1. The highest BCUT2D eigenvalue weighted by molar-refractivity contribution is 6.42. The second-order valence-electron chi connectivity index (χ2n) is 2.86. The smallest absolute Gasteiger partial charge is 0.320 e. The fraction of sp³-hybridized carbons (Fsp3) is 0.222. The van der Waals surface area contributed by atoms with Crippen LogP contribution in [0.1, 0.15) is 5.56 Å². The zero-order chi connectivity index (χ0) is 10.7. The van der Waals surface area contributed by atoms with Gasteiger partial charge in [0, 0.05) is 0 Å². The van der Waals surface area contributed by atoms with E-state index in [4.69, 9.17) is 34.0 Å². The standard InChI is InChI=1S/C9H9Cl2NO2.ClH/c10-6-3-1-2-5(8(6)11)4-7(12)9(13)14;/h1-3,7H,4,12H2,(H,13,14);1H/t7-;/m0./s1. The fourth-order valence-electron chi connectivity index (χ4n) is 1.03. The van der Waals surface area contributed by atoms with E-state index in [0.717, 1.165) is 0 Å². The van der Waals surface area contributed by atoms with Gasteiger partial charge in [-0.3, -0.25) is 4.79 Å². The molecule has 1 aromatic carbocycles. The van der Waals surface area contributed by atoms with Gasteiger partial charge in [0.2, 0.25) is 0 Å². The molecule has 0 aromatic heterocycles. The molecule has 0 aliphatic rings. The Morgan fingerprint density at radius 2 is 2.07 bits per heavy atom. The number of benzene rings is 1. The summed E-state index contributed by atoms with van der Waals surface area (Å²) in [5.41, 5.74) is 6.01.